The molecule has 1 N–H and O–H groups in total. The molecule has 0 amide bonds. The molecule has 2 nitrogen and oxygen atoms in total. The first-order chi connectivity index (χ1) is 8.25. The smallest absolute Gasteiger partial charge is 0.106 e. The lowest BCUT2D eigenvalue weighted by molar-refractivity contribution is 0.554. The maximum Gasteiger partial charge on any atom is 0.106 e. The van der Waals surface area contributed by atoms with Crippen LogP contribution in [-0.2, 0) is 6.54 Å². The number of aromatic nitrogens is 1. The van der Waals surface area contributed by atoms with E-state index < -0.39 is 0 Å². The van der Waals surface area contributed by atoms with Crippen molar-refractivity contribution in [2.24, 2.45) is 5.92 Å². The van der Waals surface area contributed by atoms with E-state index in [4.69, 9.17) is 0 Å². The van der Waals surface area contributed by atoms with Crippen molar-refractivity contribution >= 4 is 23.1 Å². The second-order valence-corrected chi connectivity index (χ2v) is 7.50. The quantitative estimate of drug-likeness (QED) is 0.880. The summed E-state index contributed by atoms with van der Waals surface area (Å²) in [6.07, 6.45) is 6.13. The zero-order valence-electron chi connectivity index (χ0n) is 10.7. The molecule has 2 rings (SSSR count). The molecule has 1 fully saturated rings. The van der Waals surface area contributed by atoms with Gasteiger partial charge in [-0.15, -0.1) is 11.3 Å². The van der Waals surface area contributed by atoms with Crippen molar-refractivity contribution in [3.05, 3.63) is 16.1 Å². The molecule has 2 heterocycles. The van der Waals surface area contributed by atoms with Gasteiger partial charge in [0.25, 0.3) is 0 Å². The van der Waals surface area contributed by atoms with Crippen molar-refractivity contribution in [1.82, 2.24) is 10.3 Å². The summed E-state index contributed by atoms with van der Waals surface area (Å²) >= 11 is 3.98. The summed E-state index contributed by atoms with van der Waals surface area (Å²) in [5.74, 6) is 2.03. The highest BCUT2D eigenvalue weighted by atomic mass is 32.2. The average molecular weight is 270 g/mol. The van der Waals surface area contributed by atoms with Crippen molar-refractivity contribution in [2.45, 2.75) is 44.9 Å². The minimum atomic E-state index is 0.674. The van der Waals surface area contributed by atoms with E-state index in [1.807, 2.05) is 11.3 Å². The highest BCUT2D eigenvalue weighted by Gasteiger charge is 2.19. The Hall–Kier alpha value is -0.0600. The van der Waals surface area contributed by atoms with Gasteiger partial charge in [0.05, 0.1) is 5.25 Å². The van der Waals surface area contributed by atoms with E-state index in [0.717, 1.165) is 19.0 Å². The molecule has 0 bridgehead atoms. The predicted octanol–water partition coefficient (Wildman–Crippen LogP) is 3.85. The molecule has 0 aromatic carbocycles. The minimum absolute atomic E-state index is 0.674. The second-order valence-electron chi connectivity index (χ2n) is 5.04. The fourth-order valence-corrected chi connectivity index (χ4v) is 4.42. The van der Waals surface area contributed by atoms with Gasteiger partial charge in [-0.3, -0.25) is 0 Å². The van der Waals surface area contributed by atoms with E-state index in [-0.39, 0.29) is 0 Å². The zero-order valence-corrected chi connectivity index (χ0v) is 12.4. The molecule has 17 heavy (non-hydrogen) atoms. The Morgan fingerprint density at radius 3 is 3.06 bits per heavy atom. The summed E-state index contributed by atoms with van der Waals surface area (Å²) in [6, 6.07) is 0. The van der Waals surface area contributed by atoms with Gasteiger partial charge >= 0.3 is 0 Å². The Bertz CT molecular complexity index is 330. The molecule has 1 aliphatic heterocycles. The molecular formula is C13H22N2S2. The maximum atomic E-state index is 4.60. The van der Waals surface area contributed by atoms with E-state index in [0.29, 0.717) is 5.25 Å². The minimum Gasteiger partial charge on any atom is -0.312 e. The molecule has 0 saturated carbocycles. The van der Waals surface area contributed by atoms with Crippen molar-refractivity contribution < 1.29 is 0 Å². The van der Waals surface area contributed by atoms with Crippen LogP contribution < -0.4 is 5.32 Å². The number of hydrogen-bond acceptors (Lipinski definition) is 4. The van der Waals surface area contributed by atoms with E-state index in [1.165, 1.54) is 34.9 Å². The molecule has 0 aliphatic carbocycles. The molecule has 1 atom stereocenters. The first kappa shape index (κ1) is 13.4. The third kappa shape index (κ3) is 4.27. The molecule has 1 saturated heterocycles. The van der Waals surface area contributed by atoms with Gasteiger partial charge in [-0.2, -0.15) is 11.8 Å². The molecular weight excluding hydrogens is 248 g/mol. The van der Waals surface area contributed by atoms with Crippen LogP contribution in [0.2, 0.25) is 0 Å². The van der Waals surface area contributed by atoms with Crippen LogP contribution >= 0.6 is 23.1 Å². The summed E-state index contributed by atoms with van der Waals surface area (Å²) in [5.41, 5.74) is 0. The Morgan fingerprint density at radius 2 is 2.35 bits per heavy atom. The number of nitrogens with zero attached hydrogens (tertiary/aromatic N) is 1. The molecule has 1 aromatic rings. The number of thiazole rings is 1. The van der Waals surface area contributed by atoms with Crippen LogP contribution in [0.3, 0.4) is 0 Å². The normalized spacial score (nSPS) is 21.0. The van der Waals surface area contributed by atoms with Gasteiger partial charge in [0, 0.05) is 17.6 Å². The molecule has 0 radical (unpaired) electrons. The fraction of sp³-hybridized carbons (Fsp3) is 0.769. The van der Waals surface area contributed by atoms with E-state index in [2.05, 4.69) is 42.1 Å². The molecule has 1 aliphatic rings. The van der Waals surface area contributed by atoms with Crippen LogP contribution in [0.5, 0.6) is 0 Å². The lowest BCUT2D eigenvalue weighted by Gasteiger charge is -2.18. The van der Waals surface area contributed by atoms with Crippen molar-refractivity contribution in [1.29, 1.82) is 0 Å². The average Bonchev–Trinajstić information content (AvgIpc) is 2.78. The maximum absolute atomic E-state index is 4.60. The third-order valence-electron chi connectivity index (χ3n) is 2.88. The van der Waals surface area contributed by atoms with E-state index in [9.17, 15) is 0 Å². The fourth-order valence-electron chi connectivity index (χ4n) is 1.97. The number of hydrogen-bond donors (Lipinski definition) is 1. The number of nitrogens with one attached hydrogen (secondary N) is 1. The van der Waals surface area contributed by atoms with Crippen molar-refractivity contribution in [3.8, 4) is 0 Å². The highest BCUT2D eigenvalue weighted by Crippen LogP contribution is 2.39. The van der Waals surface area contributed by atoms with Gasteiger partial charge in [0.15, 0.2) is 0 Å². The highest BCUT2D eigenvalue weighted by molar-refractivity contribution is 7.99. The Morgan fingerprint density at radius 1 is 1.47 bits per heavy atom. The van der Waals surface area contributed by atoms with Crippen LogP contribution in [0, 0.1) is 5.92 Å². The first-order valence-electron chi connectivity index (χ1n) is 6.52. The number of rotatable bonds is 5. The molecule has 1 unspecified atom stereocenters. The van der Waals surface area contributed by atoms with Gasteiger partial charge in [-0.1, -0.05) is 20.3 Å². The van der Waals surface area contributed by atoms with Crippen LogP contribution in [-0.4, -0.2) is 17.3 Å². The van der Waals surface area contributed by atoms with Crippen LogP contribution in [0.4, 0.5) is 0 Å². The lowest BCUT2D eigenvalue weighted by Crippen LogP contribution is -2.18. The largest absolute Gasteiger partial charge is 0.312 e. The zero-order chi connectivity index (χ0) is 12.1. The van der Waals surface area contributed by atoms with Gasteiger partial charge in [0.2, 0.25) is 0 Å². The topological polar surface area (TPSA) is 24.9 Å². The van der Waals surface area contributed by atoms with Crippen molar-refractivity contribution in [3.63, 3.8) is 0 Å². The summed E-state index contributed by atoms with van der Waals surface area (Å²) in [5, 5.41) is 5.50. The summed E-state index contributed by atoms with van der Waals surface area (Å²) in [4.78, 5) is 5.98. The van der Waals surface area contributed by atoms with Gasteiger partial charge in [-0.05, 0) is 31.1 Å². The Kier molecular flexibility index (Phi) is 5.32. The third-order valence-corrected chi connectivity index (χ3v) is 5.52. The lowest BCUT2D eigenvalue weighted by atomic mass is 10.2. The first-order valence-corrected chi connectivity index (χ1v) is 8.39. The van der Waals surface area contributed by atoms with Crippen LogP contribution in [0.25, 0.3) is 0 Å². The standard InChI is InChI=1S/C13H22N2S2/c1-10(2)7-14-8-11-9-15-13(17-11)12-5-3-4-6-16-12/h9-10,12,14H,3-8H2,1-2H3. The molecule has 1 aromatic heterocycles. The number of thioether (sulfide) groups is 1. The Balaban J connectivity index is 1.82. The monoisotopic (exact) mass is 270 g/mol. The summed E-state index contributed by atoms with van der Waals surface area (Å²) < 4.78 is 0. The van der Waals surface area contributed by atoms with Crippen LogP contribution in [0.1, 0.15) is 48.2 Å². The van der Waals surface area contributed by atoms with Crippen molar-refractivity contribution in [2.75, 3.05) is 12.3 Å². The SMILES string of the molecule is CC(C)CNCc1cnc(C2CCCCS2)s1. The van der Waals surface area contributed by atoms with Crippen LogP contribution in [0.15, 0.2) is 6.20 Å². The van der Waals surface area contributed by atoms with Gasteiger partial charge in [-0.25, -0.2) is 4.98 Å². The molecule has 0 spiro atoms. The summed E-state index contributed by atoms with van der Waals surface area (Å²) in [6.45, 7) is 6.55. The van der Waals surface area contributed by atoms with E-state index in [1.54, 1.807) is 0 Å². The van der Waals surface area contributed by atoms with Gasteiger partial charge in [0.1, 0.15) is 5.01 Å². The van der Waals surface area contributed by atoms with Gasteiger partial charge < -0.3 is 5.32 Å². The Labute approximate surface area is 113 Å². The summed E-state index contributed by atoms with van der Waals surface area (Å²) in [7, 11) is 0. The molecule has 4 heteroatoms. The molecule has 96 valence electrons. The van der Waals surface area contributed by atoms with E-state index >= 15 is 0 Å². The predicted molar refractivity (Wildman–Crippen MR) is 77.7 cm³/mol. The second kappa shape index (κ2) is 6.76.